The van der Waals surface area contributed by atoms with E-state index >= 15 is 0 Å². The molecule has 0 aliphatic carbocycles. The zero-order chi connectivity index (χ0) is 19.0. The molecule has 0 saturated heterocycles. The molecule has 2 aromatic carbocycles. The Morgan fingerprint density at radius 1 is 0.643 bits per heavy atom. The van der Waals surface area contributed by atoms with E-state index in [1.54, 1.807) is 0 Å². The molecule has 0 fully saturated rings. The summed E-state index contributed by atoms with van der Waals surface area (Å²) in [5, 5.41) is 7.04. The highest BCUT2D eigenvalue weighted by Gasteiger charge is 2.10. The number of hydrogen-bond donors (Lipinski definition) is 1. The van der Waals surface area contributed by atoms with Crippen molar-refractivity contribution in [3.63, 3.8) is 0 Å². The molecular formula is C20H21N3O5. The summed E-state index contributed by atoms with van der Waals surface area (Å²) in [4.78, 5) is 4.40. The molecule has 0 saturated carbocycles. The molecular weight excluding hydrogens is 362 g/mol. The zero-order valence-electron chi connectivity index (χ0n) is 15.3. The van der Waals surface area contributed by atoms with Crippen molar-refractivity contribution in [1.82, 2.24) is 15.2 Å². The first-order valence-corrected chi connectivity index (χ1v) is 9.05. The van der Waals surface area contributed by atoms with Crippen LogP contribution in [-0.2, 0) is 18.0 Å². The summed E-state index contributed by atoms with van der Waals surface area (Å²) < 4.78 is 28.7. The Hall–Kier alpha value is -3.26. The summed E-state index contributed by atoms with van der Waals surface area (Å²) >= 11 is 0. The van der Waals surface area contributed by atoms with Gasteiger partial charge in [0.2, 0.25) is 0 Å². The van der Waals surface area contributed by atoms with Crippen molar-refractivity contribution >= 4 is 0 Å². The lowest BCUT2D eigenvalue weighted by Crippen LogP contribution is -2.13. The van der Waals surface area contributed by atoms with Gasteiger partial charge in [0.15, 0.2) is 34.6 Å². The molecule has 28 heavy (non-hydrogen) atoms. The topological polar surface area (TPSA) is 87.7 Å². The van der Waals surface area contributed by atoms with Gasteiger partial charge in [-0.3, -0.25) is 5.10 Å². The monoisotopic (exact) mass is 383 g/mol. The number of H-pyrrole nitrogens is 1. The van der Waals surface area contributed by atoms with Crippen molar-refractivity contribution in [1.29, 1.82) is 0 Å². The number of fused-ring (bicyclic) bond motifs is 4. The van der Waals surface area contributed by atoms with E-state index in [9.17, 15) is 0 Å². The lowest BCUT2D eigenvalue weighted by atomic mass is 10.3. The normalized spacial score (nSPS) is 15.3. The Kier molecular flexibility index (Phi) is 5.89. The third-order valence-electron chi connectivity index (χ3n) is 3.97. The van der Waals surface area contributed by atoms with Crippen molar-refractivity contribution < 1.29 is 23.7 Å². The highest BCUT2D eigenvalue weighted by Crippen LogP contribution is 2.28. The minimum absolute atomic E-state index is 0.215. The van der Waals surface area contributed by atoms with Crippen molar-refractivity contribution in [3.8, 4) is 23.0 Å². The average molecular weight is 383 g/mol. The second-order valence-corrected chi connectivity index (χ2v) is 5.98. The van der Waals surface area contributed by atoms with E-state index in [-0.39, 0.29) is 13.2 Å². The van der Waals surface area contributed by atoms with Gasteiger partial charge in [-0.2, -0.15) is 5.10 Å². The smallest absolute Gasteiger partial charge is 0.188 e. The molecule has 0 atom stereocenters. The fourth-order valence-electron chi connectivity index (χ4n) is 2.65. The maximum atomic E-state index is 5.83. The summed E-state index contributed by atoms with van der Waals surface area (Å²) in [7, 11) is 0. The summed E-state index contributed by atoms with van der Waals surface area (Å²) in [6.45, 7) is 2.16. The summed E-state index contributed by atoms with van der Waals surface area (Å²) in [6, 6.07) is 15.0. The Morgan fingerprint density at radius 2 is 1.18 bits per heavy atom. The highest BCUT2D eigenvalue weighted by atomic mass is 16.6. The van der Waals surface area contributed by atoms with Gasteiger partial charge in [0.05, 0.1) is 13.2 Å². The Labute approximate surface area is 162 Å². The van der Waals surface area contributed by atoms with Gasteiger partial charge in [-0.25, -0.2) is 4.98 Å². The molecule has 2 heterocycles. The minimum Gasteiger partial charge on any atom is -0.487 e. The minimum atomic E-state index is 0.215. The van der Waals surface area contributed by atoms with Crippen LogP contribution in [0, 0.1) is 0 Å². The molecule has 0 spiro atoms. The summed E-state index contributed by atoms with van der Waals surface area (Å²) in [5.41, 5.74) is 0. The van der Waals surface area contributed by atoms with Crippen LogP contribution in [0.15, 0.2) is 48.5 Å². The van der Waals surface area contributed by atoms with Crippen LogP contribution in [0.5, 0.6) is 23.0 Å². The van der Waals surface area contributed by atoms with Gasteiger partial charge < -0.3 is 23.7 Å². The second kappa shape index (κ2) is 9.09. The number of nitrogens with one attached hydrogen (secondary N) is 1. The second-order valence-electron chi connectivity index (χ2n) is 5.98. The van der Waals surface area contributed by atoms with Crippen LogP contribution in [0.1, 0.15) is 11.6 Å². The van der Waals surface area contributed by atoms with Gasteiger partial charge in [-0.1, -0.05) is 24.3 Å². The van der Waals surface area contributed by atoms with Gasteiger partial charge in [0, 0.05) is 0 Å². The summed E-state index contributed by atoms with van der Waals surface area (Å²) in [6.07, 6.45) is 0. The first-order valence-electron chi connectivity index (χ1n) is 9.05. The molecule has 0 radical (unpaired) electrons. The molecule has 1 aliphatic rings. The Morgan fingerprint density at radius 3 is 1.79 bits per heavy atom. The quantitative estimate of drug-likeness (QED) is 0.639. The molecule has 1 aliphatic heterocycles. The van der Waals surface area contributed by atoms with Crippen LogP contribution in [0.4, 0.5) is 0 Å². The van der Waals surface area contributed by atoms with E-state index in [4.69, 9.17) is 23.7 Å². The first kappa shape index (κ1) is 18.1. The van der Waals surface area contributed by atoms with Crippen molar-refractivity contribution in [2.24, 2.45) is 0 Å². The van der Waals surface area contributed by atoms with Crippen LogP contribution in [-0.4, -0.2) is 41.6 Å². The molecule has 2 bridgehead atoms. The van der Waals surface area contributed by atoms with Gasteiger partial charge in [0.1, 0.15) is 26.4 Å². The number of aromatic nitrogens is 3. The fourth-order valence-corrected chi connectivity index (χ4v) is 2.65. The molecule has 1 N–H and O–H groups in total. The fraction of sp³-hybridized carbons (Fsp3) is 0.300. The van der Waals surface area contributed by atoms with Crippen molar-refractivity contribution in [2.75, 3.05) is 26.4 Å². The number of rotatable bonds is 0. The zero-order valence-corrected chi connectivity index (χ0v) is 15.3. The number of aromatic amines is 1. The number of nitrogens with zero attached hydrogens (tertiary/aromatic N) is 2. The predicted octanol–water partition coefficient (Wildman–Crippen LogP) is 2.75. The van der Waals surface area contributed by atoms with Gasteiger partial charge in [-0.15, -0.1) is 0 Å². The molecule has 0 amide bonds. The first-order chi connectivity index (χ1) is 13.9. The number of ether oxygens (including phenoxy) is 5. The lowest BCUT2D eigenvalue weighted by Gasteiger charge is -2.13. The van der Waals surface area contributed by atoms with E-state index in [1.807, 2.05) is 48.5 Å². The highest BCUT2D eigenvalue weighted by molar-refractivity contribution is 5.40. The van der Waals surface area contributed by atoms with E-state index in [1.165, 1.54) is 0 Å². The van der Waals surface area contributed by atoms with E-state index in [0.29, 0.717) is 61.1 Å². The maximum absolute atomic E-state index is 5.83. The molecule has 146 valence electrons. The van der Waals surface area contributed by atoms with Crippen LogP contribution in [0.25, 0.3) is 0 Å². The van der Waals surface area contributed by atoms with Gasteiger partial charge in [0.25, 0.3) is 0 Å². The van der Waals surface area contributed by atoms with Crippen LogP contribution in [0.3, 0.4) is 0 Å². The van der Waals surface area contributed by atoms with Crippen LogP contribution in [0.2, 0.25) is 0 Å². The number of benzene rings is 2. The van der Waals surface area contributed by atoms with Gasteiger partial charge in [-0.05, 0) is 24.3 Å². The largest absolute Gasteiger partial charge is 0.487 e. The Balaban J connectivity index is 1.49. The lowest BCUT2D eigenvalue weighted by molar-refractivity contribution is 0.0743. The van der Waals surface area contributed by atoms with E-state index < -0.39 is 0 Å². The van der Waals surface area contributed by atoms with Gasteiger partial charge >= 0.3 is 0 Å². The van der Waals surface area contributed by atoms with Crippen LogP contribution >= 0.6 is 0 Å². The Bertz CT molecular complexity index is 829. The third-order valence-corrected chi connectivity index (χ3v) is 3.97. The summed E-state index contributed by atoms with van der Waals surface area (Å²) in [5.74, 6) is 3.69. The van der Waals surface area contributed by atoms with Crippen LogP contribution < -0.4 is 18.9 Å². The van der Waals surface area contributed by atoms with Crippen molar-refractivity contribution in [2.45, 2.75) is 13.2 Å². The number of hydrogen-bond acceptors (Lipinski definition) is 7. The molecule has 0 unspecified atom stereocenters. The molecule has 1 aromatic heterocycles. The van der Waals surface area contributed by atoms with E-state index in [2.05, 4.69) is 15.2 Å². The average Bonchev–Trinajstić information content (AvgIpc) is 3.19. The number of para-hydroxylation sites is 4. The third kappa shape index (κ3) is 4.72. The standard InChI is InChI=1S/C20H21N3O5/c1-3-7-17-15(5-1)25-11-9-24-10-12-26-16-6-2-4-8-18(16)28-14-20-21-19(13-27-17)22-23-20/h1-8H,9-14H2,(H,21,22,23). The molecule has 8 heteroatoms. The SMILES string of the molecule is c1ccc2c(c1)OCCOCCOc1ccccc1OCc1nc(n[nH]1)CO2. The van der Waals surface area contributed by atoms with E-state index in [0.717, 1.165) is 0 Å². The predicted molar refractivity (Wildman–Crippen MR) is 99.7 cm³/mol. The molecule has 4 rings (SSSR count). The van der Waals surface area contributed by atoms with Crippen molar-refractivity contribution in [3.05, 3.63) is 60.2 Å². The maximum Gasteiger partial charge on any atom is 0.188 e. The molecule has 3 aromatic rings. The molecule has 8 nitrogen and oxygen atoms in total.